The van der Waals surface area contributed by atoms with Crippen molar-refractivity contribution < 1.29 is 19.1 Å². The van der Waals surface area contributed by atoms with E-state index in [1.165, 1.54) is 4.90 Å². The molecule has 3 aliphatic rings. The van der Waals surface area contributed by atoms with Crippen molar-refractivity contribution in [3.05, 3.63) is 0 Å². The number of ether oxygens (including phenoxy) is 1. The number of imide groups is 1. The van der Waals surface area contributed by atoms with Crippen molar-refractivity contribution in [2.45, 2.75) is 38.3 Å². The molecule has 0 radical (unpaired) electrons. The van der Waals surface area contributed by atoms with Gasteiger partial charge in [0.05, 0.1) is 12.6 Å². The Labute approximate surface area is 117 Å². The molecule has 0 aliphatic carbocycles. The van der Waals surface area contributed by atoms with Gasteiger partial charge in [0.1, 0.15) is 6.04 Å². The van der Waals surface area contributed by atoms with Crippen molar-refractivity contribution in [2.75, 3.05) is 26.2 Å². The summed E-state index contributed by atoms with van der Waals surface area (Å²) < 4.78 is 4.95. The summed E-state index contributed by atoms with van der Waals surface area (Å²) in [6.07, 6.45) is 1.93. The maximum atomic E-state index is 12.3. The van der Waals surface area contributed by atoms with Gasteiger partial charge in [0.25, 0.3) is 5.91 Å². The average molecular weight is 281 g/mol. The first-order chi connectivity index (χ1) is 9.63. The van der Waals surface area contributed by atoms with Gasteiger partial charge < -0.3 is 14.5 Å². The van der Waals surface area contributed by atoms with Crippen LogP contribution in [0.1, 0.15) is 26.2 Å². The third kappa shape index (κ3) is 1.92. The van der Waals surface area contributed by atoms with Crippen molar-refractivity contribution in [3.63, 3.8) is 0 Å². The molecule has 0 spiro atoms. The van der Waals surface area contributed by atoms with Gasteiger partial charge in [0.2, 0.25) is 0 Å². The monoisotopic (exact) mass is 281 g/mol. The molecular formula is C13H19N3O4. The van der Waals surface area contributed by atoms with Gasteiger partial charge in [-0.1, -0.05) is 0 Å². The van der Waals surface area contributed by atoms with Crippen LogP contribution in [-0.2, 0) is 9.53 Å². The van der Waals surface area contributed by atoms with Crippen LogP contribution < -0.4 is 0 Å². The number of rotatable bonds is 2. The molecule has 0 aromatic heterocycles. The summed E-state index contributed by atoms with van der Waals surface area (Å²) in [6, 6.07) is -0.655. The number of likely N-dealkylation sites (tertiary alicyclic amines) is 1. The van der Waals surface area contributed by atoms with Crippen molar-refractivity contribution in [2.24, 2.45) is 0 Å². The predicted molar refractivity (Wildman–Crippen MR) is 69.0 cm³/mol. The second-order valence-electron chi connectivity index (χ2n) is 5.43. The highest BCUT2D eigenvalue weighted by atomic mass is 16.6. The Morgan fingerprint density at radius 1 is 1.30 bits per heavy atom. The van der Waals surface area contributed by atoms with E-state index in [-0.39, 0.29) is 30.1 Å². The molecule has 3 heterocycles. The Hall–Kier alpha value is -1.79. The molecule has 7 heteroatoms. The van der Waals surface area contributed by atoms with Gasteiger partial charge in [-0.2, -0.15) is 0 Å². The van der Waals surface area contributed by atoms with Gasteiger partial charge in [-0.15, -0.1) is 0 Å². The molecule has 7 nitrogen and oxygen atoms in total. The Kier molecular flexibility index (Phi) is 3.27. The Balaban J connectivity index is 1.68. The lowest BCUT2D eigenvalue weighted by molar-refractivity contribution is -0.129. The molecule has 3 fully saturated rings. The molecule has 110 valence electrons. The van der Waals surface area contributed by atoms with E-state index < -0.39 is 0 Å². The van der Waals surface area contributed by atoms with Crippen molar-refractivity contribution >= 4 is 18.0 Å². The van der Waals surface area contributed by atoms with Crippen molar-refractivity contribution in [1.29, 1.82) is 0 Å². The second kappa shape index (κ2) is 4.96. The molecule has 0 saturated carbocycles. The Morgan fingerprint density at radius 2 is 2.10 bits per heavy atom. The zero-order chi connectivity index (χ0) is 14.3. The van der Waals surface area contributed by atoms with Gasteiger partial charge in [-0.25, -0.2) is 9.59 Å². The predicted octanol–water partition coefficient (Wildman–Crippen LogP) is 0.644. The first-order valence-electron chi connectivity index (χ1n) is 7.19. The van der Waals surface area contributed by atoms with Crippen LogP contribution in [0, 0.1) is 0 Å². The standard InChI is InChI=1S/C13H19N3O4/c1-2-20-13(19)14-7-5-9(8-14)16-11(17)10-4-3-6-15(10)12(16)18/h9-10H,2-8H2,1H3/t9?,10-/m1/s1. The maximum absolute atomic E-state index is 12.3. The fraction of sp³-hybridized carbons (Fsp3) is 0.769. The third-order valence-corrected chi connectivity index (χ3v) is 4.28. The van der Waals surface area contributed by atoms with Crippen LogP contribution in [-0.4, -0.2) is 71.1 Å². The van der Waals surface area contributed by atoms with Gasteiger partial charge in [-0.05, 0) is 26.2 Å². The molecule has 4 amide bonds. The summed E-state index contributed by atoms with van der Waals surface area (Å²) >= 11 is 0. The van der Waals surface area contributed by atoms with Crippen LogP contribution in [0.3, 0.4) is 0 Å². The quantitative estimate of drug-likeness (QED) is 0.697. The normalized spacial score (nSPS) is 29.4. The lowest BCUT2D eigenvalue weighted by Crippen LogP contribution is -2.44. The Morgan fingerprint density at radius 3 is 2.80 bits per heavy atom. The van der Waals surface area contributed by atoms with Gasteiger partial charge in [-0.3, -0.25) is 9.69 Å². The van der Waals surface area contributed by atoms with Gasteiger partial charge in [0.15, 0.2) is 0 Å². The van der Waals surface area contributed by atoms with E-state index in [1.54, 1.807) is 16.7 Å². The number of carbonyl (C=O) groups is 3. The first kappa shape index (κ1) is 13.2. The van der Waals surface area contributed by atoms with Crippen LogP contribution >= 0.6 is 0 Å². The minimum absolute atomic E-state index is 0.0943. The van der Waals surface area contributed by atoms with E-state index in [0.29, 0.717) is 32.7 Å². The van der Waals surface area contributed by atoms with E-state index in [2.05, 4.69) is 0 Å². The maximum Gasteiger partial charge on any atom is 0.409 e. The van der Waals surface area contributed by atoms with Crippen LogP contribution in [0.25, 0.3) is 0 Å². The molecule has 3 aliphatic heterocycles. The smallest absolute Gasteiger partial charge is 0.409 e. The molecular weight excluding hydrogens is 262 g/mol. The molecule has 20 heavy (non-hydrogen) atoms. The summed E-state index contributed by atoms with van der Waals surface area (Å²) in [5.74, 6) is -0.0943. The molecule has 3 rings (SSSR count). The second-order valence-corrected chi connectivity index (χ2v) is 5.43. The van der Waals surface area contributed by atoms with E-state index in [0.717, 1.165) is 12.8 Å². The summed E-state index contributed by atoms with van der Waals surface area (Å²) in [7, 11) is 0. The highest BCUT2D eigenvalue weighted by Crippen LogP contribution is 2.31. The molecule has 0 aromatic rings. The molecule has 3 saturated heterocycles. The SMILES string of the molecule is CCOC(=O)N1CCC(N2C(=O)[C@H]3CCCN3C2=O)C1. The van der Waals surface area contributed by atoms with Crippen LogP contribution in [0.4, 0.5) is 9.59 Å². The van der Waals surface area contributed by atoms with Crippen LogP contribution in [0.2, 0.25) is 0 Å². The van der Waals surface area contributed by atoms with E-state index in [9.17, 15) is 14.4 Å². The highest BCUT2D eigenvalue weighted by Gasteiger charge is 2.51. The highest BCUT2D eigenvalue weighted by molar-refractivity contribution is 6.05. The van der Waals surface area contributed by atoms with Gasteiger partial charge in [0, 0.05) is 19.6 Å². The van der Waals surface area contributed by atoms with Crippen molar-refractivity contribution in [1.82, 2.24) is 14.7 Å². The molecule has 2 atom stereocenters. The minimum atomic E-state index is -0.366. The molecule has 1 unspecified atom stereocenters. The first-order valence-corrected chi connectivity index (χ1v) is 7.19. The van der Waals surface area contributed by atoms with E-state index in [1.807, 2.05) is 0 Å². The lowest BCUT2D eigenvalue weighted by atomic mass is 10.2. The number of amides is 4. The number of fused-ring (bicyclic) bond motifs is 1. The fourth-order valence-corrected chi connectivity index (χ4v) is 3.31. The average Bonchev–Trinajstić information content (AvgIpc) is 3.11. The Bertz CT molecular complexity index is 431. The van der Waals surface area contributed by atoms with Crippen molar-refractivity contribution in [3.8, 4) is 0 Å². The third-order valence-electron chi connectivity index (χ3n) is 4.28. The number of hydrogen-bond acceptors (Lipinski definition) is 4. The summed E-state index contributed by atoms with van der Waals surface area (Å²) in [4.78, 5) is 40.9. The number of nitrogens with zero attached hydrogens (tertiary/aromatic N) is 3. The molecule has 0 bridgehead atoms. The minimum Gasteiger partial charge on any atom is -0.450 e. The number of hydrogen-bond donors (Lipinski definition) is 0. The van der Waals surface area contributed by atoms with Crippen LogP contribution in [0.5, 0.6) is 0 Å². The number of urea groups is 1. The van der Waals surface area contributed by atoms with Gasteiger partial charge >= 0.3 is 12.1 Å². The molecule has 0 aromatic carbocycles. The largest absolute Gasteiger partial charge is 0.450 e. The van der Waals surface area contributed by atoms with Crippen LogP contribution in [0.15, 0.2) is 0 Å². The molecule has 0 N–H and O–H groups in total. The van der Waals surface area contributed by atoms with E-state index in [4.69, 9.17) is 4.74 Å². The summed E-state index contributed by atoms with van der Waals surface area (Å²) in [5.41, 5.74) is 0. The topological polar surface area (TPSA) is 70.2 Å². The zero-order valence-electron chi connectivity index (χ0n) is 11.6. The summed E-state index contributed by atoms with van der Waals surface area (Å²) in [5, 5.41) is 0. The zero-order valence-corrected chi connectivity index (χ0v) is 11.6. The summed E-state index contributed by atoms with van der Waals surface area (Å²) in [6.45, 7) is 3.67. The lowest BCUT2D eigenvalue weighted by Gasteiger charge is -2.22. The number of carbonyl (C=O) groups excluding carboxylic acids is 3. The van der Waals surface area contributed by atoms with E-state index >= 15 is 0 Å². The fourth-order valence-electron chi connectivity index (χ4n) is 3.31.